The van der Waals surface area contributed by atoms with Crippen LogP contribution in [0.2, 0.25) is 0 Å². The van der Waals surface area contributed by atoms with Crippen LogP contribution in [0.15, 0.2) is 40.7 Å². The lowest BCUT2D eigenvalue weighted by Gasteiger charge is -2.35. The number of rotatable bonds is 6. The Hall–Kier alpha value is -1.37. The molecule has 0 aliphatic carbocycles. The summed E-state index contributed by atoms with van der Waals surface area (Å²) in [7, 11) is 1.71. The number of hydrogen-bond acceptors (Lipinski definition) is 4. The second-order valence-electron chi connectivity index (χ2n) is 7.12. The molecule has 2 aromatic rings. The van der Waals surface area contributed by atoms with Crippen LogP contribution in [-0.4, -0.2) is 50.8 Å². The van der Waals surface area contributed by atoms with E-state index in [1.165, 1.54) is 10.4 Å². The molecule has 1 fully saturated rings. The van der Waals surface area contributed by atoms with Gasteiger partial charge in [0.2, 0.25) is 0 Å². The van der Waals surface area contributed by atoms with Gasteiger partial charge >= 0.3 is 6.18 Å². The molecular weight excluding hydrogens is 540 g/mol. The quantitative estimate of drug-likeness (QED) is 0.308. The van der Waals surface area contributed by atoms with Gasteiger partial charge in [0.05, 0.1) is 31.4 Å². The Morgan fingerprint density at radius 1 is 1.16 bits per heavy atom. The van der Waals surface area contributed by atoms with Gasteiger partial charge in [0.15, 0.2) is 5.96 Å². The number of halogens is 4. The number of benzene rings is 1. The largest absolute Gasteiger partial charge is 0.416 e. The molecule has 1 aliphatic rings. The first kappa shape index (κ1) is 25.9. The molecule has 0 saturated carbocycles. The van der Waals surface area contributed by atoms with E-state index in [2.05, 4.69) is 38.9 Å². The Labute approximate surface area is 202 Å². The van der Waals surface area contributed by atoms with E-state index in [0.717, 1.165) is 30.8 Å². The summed E-state index contributed by atoms with van der Waals surface area (Å²) in [5.41, 5.74) is 1.43. The minimum atomic E-state index is -4.34. The van der Waals surface area contributed by atoms with E-state index in [1.54, 1.807) is 30.5 Å². The number of nitrogens with zero attached hydrogens (tertiary/aromatic N) is 2. The van der Waals surface area contributed by atoms with Crippen molar-refractivity contribution >= 4 is 41.3 Å². The number of hydrogen-bond donors (Lipinski definition) is 2. The number of aliphatic imine (C=N–C) groups is 1. The lowest BCUT2D eigenvalue weighted by Crippen LogP contribution is -2.46. The molecule has 0 amide bonds. The van der Waals surface area contributed by atoms with Crippen molar-refractivity contribution in [2.75, 3.05) is 39.9 Å². The smallest absolute Gasteiger partial charge is 0.379 e. The van der Waals surface area contributed by atoms with Crippen molar-refractivity contribution in [2.24, 2.45) is 4.99 Å². The lowest BCUT2D eigenvalue weighted by atomic mass is 10.0. The third kappa shape index (κ3) is 7.33. The van der Waals surface area contributed by atoms with Crippen LogP contribution >= 0.6 is 35.3 Å². The third-order valence-electron chi connectivity index (χ3n) is 5.18. The van der Waals surface area contributed by atoms with Crippen LogP contribution in [-0.2, 0) is 17.5 Å². The first-order valence-corrected chi connectivity index (χ1v) is 10.7. The van der Waals surface area contributed by atoms with Crippen molar-refractivity contribution < 1.29 is 17.9 Å². The number of aryl methyl sites for hydroxylation is 1. The van der Waals surface area contributed by atoms with Gasteiger partial charge in [-0.3, -0.25) is 9.89 Å². The maximum absolute atomic E-state index is 12.9. The topological polar surface area (TPSA) is 48.9 Å². The predicted molar refractivity (Wildman–Crippen MR) is 129 cm³/mol. The fraction of sp³-hybridized carbons (Fsp3) is 0.476. The van der Waals surface area contributed by atoms with Crippen molar-refractivity contribution in [3.63, 3.8) is 0 Å². The molecule has 0 radical (unpaired) electrons. The van der Waals surface area contributed by atoms with Gasteiger partial charge in [-0.25, -0.2) is 0 Å². The summed E-state index contributed by atoms with van der Waals surface area (Å²) in [6.07, 6.45) is -4.34. The molecule has 1 aromatic heterocycles. The molecule has 10 heteroatoms. The summed E-state index contributed by atoms with van der Waals surface area (Å²) < 4.78 is 44.3. The summed E-state index contributed by atoms with van der Waals surface area (Å²) in [4.78, 5) is 7.75. The molecule has 2 N–H and O–H groups in total. The van der Waals surface area contributed by atoms with Gasteiger partial charge in [0.25, 0.3) is 0 Å². The Morgan fingerprint density at radius 3 is 2.39 bits per heavy atom. The van der Waals surface area contributed by atoms with Crippen molar-refractivity contribution in [1.82, 2.24) is 15.5 Å². The molecule has 1 atom stereocenters. The van der Waals surface area contributed by atoms with Crippen molar-refractivity contribution in [2.45, 2.75) is 25.7 Å². The Balaban J connectivity index is 0.00000341. The van der Waals surface area contributed by atoms with Gasteiger partial charge in [-0.1, -0.05) is 12.1 Å². The van der Waals surface area contributed by atoms with E-state index >= 15 is 0 Å². The standard InChI is InChI=1S/C21H27F3N4OS.HI/c1-15-7-12-30-19(15)14-27-20(25-2)26-13-18(28-8-10-29-11-9-28)16-3-5-17(6-4-16)21(22,23)24;/h3-7,12,18H,8-11,13-14H2,1-2H3,(H2,25,26,27);1H. The molecule has 0 spiro atoms. The summed E-state index contributed by atoms with van der Waals surface area (Å²) >= 11 is 1.69. The highest BCUT2D eigenvalue weighted by atomic mass is 127. The highest BCUT2D eigenvalue weighted by Crippen LogP contribution is 2.31. The number of ether oxygens (including phenoxy) is 1. The van der Waals surface area contributed by atoms with E-state index in [4.69, 9.17) is 4.74 Å². The van der Waals surface area contributed by atoms with E-state index in [0.29, 0.717) is 32.3 Å². The van der Waals surface area contributed by atoms with Gasteiger partial charge in [0, 0.05) is 31.6 Å². The molecule has 5 nitrogen and oxygen atoms in total. The van der Waals surface area contributed by atoms with Crippen LogP contribution in [0.5, 0.6) is 0 Å². The molecular formula is C21H28F3IN4OS. The summed E-state index contributed by atoms with van der Waals surface area (Å²) in [5.74, 6) is 0.660. The monoisotopic (exact) mass is 568 g/mol. The molecule has 0 bridgehead atoms. The molecule has 1 aliphatic heterocycles. The van der Waals surface area contributed by atoms with E-state index in [9.17, 15) is 13.2 Å². The first-order valence-electron chi connectivity index (χ1n) is 9.85. The minimum absolute atomic E-state index is 0. The van der Waals surface area contributed by atoms with Crippen LogP contribution in [0, 0.1) is 6.92 Å². The fourth-order valence-electron chi connectivity index (χ4n) is 3.40. The Bertz CT molecular complexity index is 836. The van der Waals surface area contributed by atoms with Gasteiger partial charge in [-0.15, -0.1) is 35.3 Å². The normalized spacial score (nSPS) is 16.5. The number of morpholine rings is 1. The van der Waals surface area contributed by atoms with E-state index in [1.807, 2.05) is 0 Å². The van der Waals surface area contributed by atoms with Crippen LogP contribution in [0.25, 0.3) is 0 Å². The highest BCUT2D eigenvalue weighted by molar-refractivity contribution is 14.0. The zero-order valence-corrected chi connectivity index (χ0v) is 20.7. The SMILES string of the molecule is CN=C(NCc1sccc1C)NCC(c1ccc(C(F)(F)F)cc1)N1CCOCC1.I. The van der Waals surface area contributed by atoms with E-state index < -0.39 is 11.7 Å². The average Bonchev–Trinajstić information content (AvgIpc) is 3.15. The summed E-state index contributed by atoms with van der Waals surface area (Å²) in [6.45, 7) is 5.95. The van der Waals surface area contributed by atoms with Gasteiger partial charge in [-0.05, 0) is 41.6 Å². The van der Waals surface area contributed by atoms with Gasteiger partial charge in [-0.2, -0.15) is 13.2 Å². The fourth-order valence-corrected chi connectivity index (χ4v) is 4.25. The number of alkyl halides is 3. The van der Waals surface area contributed by atoms with E-state index in [-0.39, 0.29) is 30.0 Å². The van der Waals surface area contributed by atoms with Crippen molar-refractivity contribution in [1.29, 1.82) is 0 Å². The maximum Gasteiger partial charge on any atom is 0.416 e. The number of guanidine groups is 1. The molecule has 3 rings (SSSR count). The lowest BCUT2D eigenvalue weighted by molar-refractivity contribution is -0.137. The van der Waals surface area contributed by atoms with Crippen LogP contribution in [0.4, 0.5) is 13.2 Å². The molecule has 172 valence electrons. The zero-order chi connectivity index (χ0) is 21.6. The molecule has 2 heterocycles. The second-order valence-corrected chi connectivity index (χ2v) is 8.12. The molecule has 1 saturated heterocycles. The third-order valence-corrected chi connectivity index (χ3v) is 6.20. The minimum Gasteiger partial charge on any atom is -0.379 e. The van der Waals surface area contributed by atoms with Gasteiger partial charge < -0.3 is 15.4 Å². The molecule has 31 heavy (non-hydrogen) atoms. The molecule has 1 aromatic carbocycles. The maximum atomic E-state index is 12.9. The first-order chi connectivity index (χ1) is 14.4. The average molecular weight is 568 g/mol. The van der Waals surface area contributed by atoms with Crippen LogP contribution < -0.4 is 10.6 Å². The Morgan fingerprint density at radius 2 is 1.84 bits per heavy atom. The Kier molecular flexibility index (Phi) is 10.0. The summed E-state index contributed by atoms with van der Waals surface area (Å²) in [5, 5.41) is 8.70. The number of nitrogens with one attached hydrogen (secondary N) is 2. The number of thiophene rings is 1. The van der Waals surface area contributed by atoms with Crippen LogP contribution in [0.3, 0.4) is 0 Å². The zero-order valence-electron chi connectivity index (χ0n) is 17.5. The predicted octanol–water partition coefficient (Wildman–Crippen LogP) is 4.43. The second kappa shape index (κ2) is 12.0. The van der Waals surface area contributed by atoms with Crippen LogP contribution in [0.1, 0.15) is 27.6 Å². The van der Waals surface area contributed by atoms with Gasteiger partial charge in [0.1, 0.15) is 0 Å². The highest BCUT2D eigenvalue weighted by Gasteiger charge is 2.31. The molecule has 1 unspecified atom stereocenters. The summed E-state index contributed by atoms with van der Waals surface area (Å²) in [6, 6.07) is 7.42. The van der Waals surface area contributed by atoms with Crippen molar-refractivity contribution in [3.8, 4) is 0 Å². The van der Waals surface area contributed by atoms with Crippen molar-refractivity contribution in [3.05, 3.63) is 57.3 Å².